The van der Waals surface area contributed by atoms with Gasteiger partial charge in [0.1, 0.15) is 11.4 Å². The largest absolute Gasteiger partial charge is 0.494 e. The van der Waals surface area contributed by atoms with E-state index in [4.69, 9.17) is 16.3 Å². The van der Waals surface area contributed by atoms with Crippen molar-refractivity contribution in [3.05, 3.63) is 106 Å². The first kappa shape index (κ1) is 21.3. The van der Waals surface area contributed by atoms with Gasteiger partial charge >= 0.3 is 0 Å². The number of carbonyl (C=O) groups excluding carboxylic acids is 1. The number of carbonyl (C=O) groups is 1. The zero-order valence-corrected chi connectivity index (χ0v) is 19.3. The molecule has 5 rings (SSSR count). The van der Waals surface area contributed by atoms with Gasteiger partial charge in [0.2, 0.25) is 0 Å². The van der Waals surface area contributed by atoms with Crippen LogP contribution in [0.3, 0.4) is 0 Å². The van der Waals surface area contributed by atoms with Crippen LogP contribution in [0.1, 0.15) is 45.7 Å². The summed E-state index contributed by atoms with van der Waals surface area (Å²) >= 11 is 6.45. The lowest BCUT2D eigenvalue weighted by atomic mass is 9.95. The molecular weight excluding hydrogens is 434 g/mol. The molecule has 0 saturated heterocycles. The number of amides is 1. The van der Waals surface area contributed by atoms with Crippen molar-refractivity contribution in [1.82, 2.24) is 15.1 Å². The lowest BCUT2D eigenvalue weighted by Crippen LogP contribution is -2.29. The first-order valence-electron chi connectivity index (χ1n) is 11.0. The van der Waals surface area contributed by atoms with E-state index < -0.39 is 0 Å². The van der Waals surface area contributed by atoms with Gasteiger partial charge in [0.25, 0.3) is 5.91 Å². The number of nitrogens with one attached hydrogen (secondary N) is 1. The zero-order valence-electron chi connectivity index (χ0n) is 18.5. The van der Waals surface area contributed by atoms with Gasteiger partial charge in [0.15, 0.2) is 0 Å². The van der Waals surface area contributed by atoms with Crippen molar-refractivity contribution in [2.45, 2.75) is 26.4 Å². The van der Waals surface area contributed by atoms with Crippen LogP contribution in [-0.2, 0) is 6.54 Å². The summed E-state index contributed by atoms with van der Waals surface area (Å²) in [6.45, 7) is 5.01. The van der Waals surface area contributed by atoms with Gasteiger partial charge in [-0.3, -0.25) is 9.89 Å². The van der Waals surface area contributed by atoms with Gasteiger partial charge in [-0.05, 0) is 43.2 Å². The van der Waals surface area contributed by atoms with Crippen LogP contribution in [0.25, 0.3) is 11.3 Å². The van der Waals surface area contributed by atoms with Gasteiger partial charge in [-0.2, -0.15) is 5.10 Å². The fourth-order valence-electron chi connectivity index (χ4n) is 4.36. The van der Waals surface area contributed by atoms with Crippen molar-refractivity contribution < 1.29 is 9.53 Å². The number of rotatable bonds is 6. The average molecular weight is 458 g/mol. The normalized spacial score (nSPS) is 15.1. The van der Waals surface area contributed by atoms with Crippen LogP contribution < -0.4 is 4.74 Å². The number of benzene rings is 3. The minimum Gasteiger partial charge on any atom is -0.494 e. The zero-order chi connectivity index (χ0) is 22.9. The van der Waals surface area contributed by atoms with Gasteiger partial charge < -0.3 is 9.64 Å². The topological polar surface area (TPSA) is 58.2 Å². The molecular formula is C27H24ClN3O2. The molecule has 1 unspecified atom stereocenters. The number of halogens is 1. The molecule has 0 aliphatic carbocycles. The molecule has 0 saturated carbocycles. The van der Waals surface area contributed by atoms with Crippen molar-refractivity contribution in [2.24, 2.45) is 0 Å². The van der Waals surface area contributed by atoms with Crippen molar-refractivity contribution >= 4 is 17.5 Å². The lowest BCUT2D eigenvalue weighted by molar-refractivity contribution is 0.0730. The molecule has 3 aromatic carbocycles. The summed E-state index contributed by atoms with van der Waals surface area (Å²) < 4.78 is 5.63. The standard InChI is InChI=1S/C27H24ClN3O2/c1-3-33-21-14-12-19(13-15-21)26-23-24(18-10-8-17(2)9-11-18)29-30-25(23)27(32)31(26)16-20-6-4-5-7-22(20)28/h4-15,26H,3,16H2,1-2H3,(H,29,30). The van der Waals surface area contributed by atoms with Crippen molar-refractivity contribution in [2.75, 3.05) is 6.61 Å². The first-order valence-corrected chi connectivity index (χ1v) is 11.4. The maximum absolute atomic E-state index is 13.6. The fraction of sp³-hybridized carbons (Fsp3) is 0.185. The van der Waals surface area contributed by atoms with Gasteiger partial charge in [-0.25, -0.2) is 0 Å². The molecule has 1 atom stereocenters. The van der Waals surface area contributed by atoms with E-state index in [9.17, 15) is 4.79 Å². The Morgan fingerprint density at radius 2 is 1.76 bits per heavy atom. The van der Waals surface area contributed by atoms with Crippen LogP contribution in [0.4, 0.5) is 0 Å². The minimum atomic E-state index is -0.297. The van der Waals surface area contributed by atoms with Gasteiger partial charge in [0.05, 0.1) is 18.3 Å². The van der Waals surface area contributed by atoms with E-state index in [1.54, 1.807) is 0 Å². The highest BCUT2D eigenvalue weighted by Gasteiger charge is 2.42. The Bertz CT molecular complexity index is 1300. The Kier molecular flexibility index (Phi) is 5.65. The quantitative estimate of drug-likeness (QED) is 0.376. The number of hydrogen-bond donors (Lipinski definition) is 1. The van der Waals surface area contributed by atoms with Crippen LogP contribution in [0.15, 0.2) is 72.8 Å². The highest BCUT2D eigenvalue weighted by molar-refractivity contribution is 6.31. The average Bonchev–Trinajstić information content (AvgIpc) is 3.36. The Morgan fingerprint density at radius 3 is 2.45 bits per heavy atom. The van der Waals surface area contributed by atoms with E-state index in [2.05, 4.69) is 29.3 Å². The van der Waals surface area contributed by atoms with Crippen LogP contribution in [-0.4, -0.2) is 27.6 Å². The molecule has 1 aliphatic rings. The first-order chi connectivity index (χ1) is 16.1. The number of ether oxygens (including phenoxy) is 1. The third-order valence-corrected chi connectivity index (χ3v) is 6.36. The molecule has 4 aromatic rings. The number of aryl methyl sites for hydroxylation is 1. The summed E-state index contributed by atoms with van der Waals surface area (Å²) in [6, 6.07) is 23.5. The summed E-state index contributed by atoms with van der Waals surface area (Å²) in [5.74, 6) is 0.712. The minimum absolute atomic E-state index is 0.0883. The molecule has 0 spiro atoms. The van der Waals surface area contributed by atoms with Gasteiger partial charge in [-0.1, -0.05) is 71.8 Å². The number of nitrogens with zero attached hydrogens (tertiary/aromatic N) is 2. The molecule has 0 bridgehead atoms. The van der Waals surface area contributed by atoms with E-state index in [-0.39, 0.29) is 11.9 Å². The second-order valence-electron chi connectivity index (χ2n) is 8.16. The molecule has 1 aliphatic heterocycles. The smallest absolute Gasteiger partial charge is 0.273 e. The molecule has 166 valence electrons. The summed E-state index contributed by atoms with van der Waals surface area (Å²) in [7, 11) is 0. The summed E-state index contributed by atoms with van der Waals surface area (Å²) in [4.78, 5) is 15.4. The molecule has 5 nitrogen and oxygen atoms in total. The monoisotopic (exact) mass is 457 g/mol. The molecule has 0 fully saturated rings. The number of aromatic nitrogens is 2. The summed E-state index contributed by atoms with van der Waals surface area (Å²) in [5.41, 5.74) is 6.24. The second-order valence-corrected chi connectivity index (χ2v) is 8.56. The SMILES string of the molecule is CCOc1ccc(C2c3c(-c4ccc(C)cc4)n[nH]c3C(=O)N2Cc2ccccc2Cl)cc1. The molecule has 6 heteroatoms. The third-order valence-electron chi connectivity index (χ3n) is 5.99. The fourth-order valence-corrected chi connectivity index (χ4v) is 4.56. The van der Waals surface area contributed by atoms with Gasteiger partial charge in [0, 0.05) is 22.7 Å². The number of hydrogen-bond acceptors (Lipinski definition) is 3. The Morgan fingerprint density at radius 1 is 1.03 bits per heavy atom. The molecule has 1 aromatic heterocycles. The Hall–Kier alpha value is -3.57. The highest BCUT2D eigenvalue weighted by atomic mass is 35.5. The predicted octanol–water partition coefficient (Wildman–Crippen LogP) is 6.18. The molecule has 33 heavy (non-hydrogen) atoms. The highest BCUT2D eigenvalue weighted by Crippen LogP contribution is 2.44. The Balaban J connectivity index is 1.62. The van der Waals surface area contributed by atoms with Crippen LogP contribution in [0.5, 0.6) is 5.75 Å². The van der Waals surface area contributed by atoms with Crippen LogP contribution in [0.2, 0.25) is 5.02 Å². The van der Waals surface area contributed by atoms with E-state index in [1.807, 2.05) is 72.5 Å². The summed E-state index contributed by atoms with van der Waals surface area (Å²) in [5, 5.41) is 8.20. The third kappa shape index (κ3) is 3.89. The van der Waals surface area contributed by atoms with Crippen molar-refractivity contribution in [1.29, 1.82) is 0 Å². The van der Waals surface area contributed by atoms with Crippen molar-refractivity contribution in [3.8, 4) is 17.0 Å². The van der Waals surface area contributed by atoms with E-state index in [0.29, 0.717) is 23.9 Å². The predicted molar refractivity (Wildman–Crippen MR) is 130 cm³/mol. The molecule has 2 heterocycles. The van der Waals surface area contributed by atoms with Crippen LogP contribution >= 0.6 is 11.6 Å². The van der Waals surface area contributed by atoms with E-state index >= 15 is 0 Å². The maximum atomic E-state index is 13.6. The van der Waals surface area contributed by atoms with E-state index in [0.717, 1.165) is 33.7 Å². The number of H-pyrrole nitrogens is 1. The molecule has 0 radical (unpaired) electrons. The Labute approximate surface area is 198 Å². The van der Waals surface area contributed by atoms with Crippen LogP contribution in [0, 0.1) is 6.92 Å². The molecule has 1 amide bonds. The van der Waals surface area contributed by atoms with E-state index in [1.165, 1.54) is 5.56 Å². The summed E-state index contributed by atoms with van der Waals surface area (Å²) in [6.07, 6.45) is 0. The van der Waals surface area contributed by atoms with Gasteiger partial charge in [-0.15, -0.1) is 0 Å². The number of aromatic amines is 1. The maximum Gasteiger partial charge on any atom is 0.273 e. The molecule has 1 N–H and O–H groups in total. The number of fused-ring (bicyclic) bond motifs is 1. The van der Waals surface area contributed by atoms with Crippen molar-refractivity contribution in [3.63, 3.8) is 0 Å². The second kappa shape index (κ2) is 8.75. The lowest BCUT2D eigenvalue weighted by Gasteiger charge is -2.27.